The van der Waals surface area contributed by atoms with E-state index in [1.165, 1.54) is 122 Å². The molecular weight excluding hydrogens is 540 g/mol. The zero-order valence-corrected chi connectivity index (χ0v) is 33.3. The average Bonchev–Trinajstić information content (AvgIpc) is 3.85. The lowest BCUT2D eigenvalue weighted by atomic mass is 9.75. The van der Waals surface area contributed by atoms with Gasteiger partial charge in [-0.15, -0.1) is 0 Å². The Morgan fingerprint density at radius 2 is 0.467 bits per heavy atom. The Morgan fingerprint density at radius 1 is 0.222 bits per heavy atom. The summed E-state index contributed by atoms with van der Waals surface area (Å²) in [7, 11) is 0. The summed E-state index contributed by atoms with van der Waals surface area (Å²) in [6.45, 7) is 20.2. The first kappa shape index (κ1) is 43.0. The second kappa shape index (κ2) is 27.9. The van der Waals surface area contributed by atoms with Crippen molar-refractivity contribution in [3.8, 4) is 0 Å². The summed E-state index contributed by atoms with van der Waals surface area (Å²) >= 11 is 0. The number of hydrogen-bond donors (Lipinski definition) is 0. The number of hydrogen-bond acceptors (Lipinski definition) is 0. The molecule has 270 valence electrons. The van der Waals surface area contributed by atoms with Crippen LogP contribution < -0.4 is 0 Å². The van der Waals surface area contributed by atoms with Gasteiger partial charge in [-0.2, -0.15) is 0 Å². The topological polar surface area (TPSA) is 0 Å². The highest BCUT2D eigenvalue weighted by Gasteiger charge is 2.34. The summed E-state index contributed by atoms with van der Waals surface area (Å²) < 4.78 is 0. The fourth-order valence-corrected chi connectivity index (χ4v) is 9.32. The SMILES string of the molecule is CC.CC.CC1CCCC(C)CCC1.CC1CCCC(C2CCCC(C)CC(C3CC3)CC2)CCC1.CC1CCCCCCC1. The van der Waals surface area contributed by atoms with Crippen molar-refractivity contribution >= 4 is 0 Å². The third-order valence-corrected chi connectivity index (χ3v) is 12.6. The van der Waals surface area contributed by atoms with Crippen molar-refractivity contribution in [2.24, 2.45) is 53.3 Å². The average molecular weight is 631 g/mol. The maximum absolute atomic E-state index is 2.53. The fraction of sp³-hybridized carbons (Fsp3) is 1.00. The van der Waals surface area contributed by atoms with Gasteiger partial charge in [0.15, 0.2) is 0 Å². The van der Waals surface area contributed by atoms with E-state index >= 15 is 0 Å². The van der Waals surface area contributed by atoms with E-state index < -0.39 is 0 Å². The second-order valence-electron chi connectivity index (χ2n) is 17.0. The summed E-state index contributed by atoms with van der Waals surface area (Å²) in [4.78, 5) is 0. The summed E-state index contributed by atoms with van der Waals surface area (Å²) in [5.74, 6) is 9.44. The van der Waals surface area contributed by atoms with Crippen molar-refractivity contribution in [3.05, 3.63) is 0 Å². The van der Waals surface area contributed by atoms with Crippen LogP contribution in [0, 0.1) is 53.3 Å². The van der Waals surface area contributed by atoms with Crippen LogP contribution in [0.2, 0.25) is 0 Å². The molecule has 0 aromatic carbocycles. The lowest BCUT2D eigenvalue weighted by molar-refractivity contribution is 0.211. The van der Waals surface area contributed by atoms with Crippen LogP contribution in [0.3, 0.4) is 0 Å². The van der Waals surface area contributed by atoms with Crippen LogP contribution in [0.4, 0.5) is 0 Å². The van der Waals surface area contributed by atoms with Gasteiger partial charge in [-0.05, 0) is 85.4 Å². The molecular formula is C45H90. The van der Waals surface area contributed by atoms with Gasteiger partial charge in [0, 0.05) is 0 Å². The van der Waals surface area contributed by atoms with E-state index in [-0.39, 0.29) is 0 Å². The Morgan fingerprint density at radius 3 is 0.867 bits per heavy atom. The largest absolute Gasteiger partial charge is 0.0683 e. The second-order valence-corrected chi connectivity index (χ2v) is 17.0. The summed E-state index contributed by atoms with van der Waals surface area (Å²) in [6.07, 6.45) is 40.9. The smallest absolute Gasteiger partial charge is 0.0383 e. The van der Waals surface area contributed by atoms with Crippen molar-refractivity contribution in [2.75, 3.05) is 0 Å². The standard InChI is InChI=1S/C22H40.C10H20.C9H18.2C2H6/c1-17-6-3-9-19(10-4-7-17)20-11-5-8-18(2)16-22(15-14-20)21-12-13-21;1-9-5-3-7-10(2)8-4-6-9;1-9-7-5-3-2-4-6-8-9;2*1-2/h17-22H,3-16H2,1-2H3;9-10H,3-8H2,1-2H3;9H,2-8H2,1H3;2*1-2H3. The van der Waals surface area contributed by atoms with Crippen LogP contribution >= 0.6 is 0 Å². The zero-order chi connectivity index (χ0) is 33.3. The van der Waals surface area contributed by atoms with Crippen LogP contribution in [0.25, 0.3) is 0 Å². The molecule has 5 aliphatic carbocycles. The molecule has 5 rings (SSSR count). The monoisotopic (exact) mass is 631 g/mol. The minimum absolute atomic E-state index is 1.00. The highest BCUT2D eigenvalue weighted by atomic mass is 14.4. The Hall–Kier alpha value is 0. The van der Waals surface area contributed by atoms with Crippen LogP contribution in [-0.4, -0.2) is 0 Å². The van der Waals surface area contributed by atoms with Crippen LogP contribution in [-0.2, 0) is 0 Å². The molecule has 0 aliphatic heterocycles. The van der Waals surface area contributed by atoms with E-state index in [0.29, 0.717) is 0 Å². The predicted octanol–water partition coefficient (Wildman–Crippen LogP) is 16.3. The zero-order valence-electron chi connectivity index (χ0n) is 33.3. The highest BCUT2D eigenvalue weighted by Crippen LogP contribution is 2.46. The molecule has 0 aromatic heterocycles. The molecule has 0 spiro atoms. The molecule has 0 amide bonds. The summed E-state index contributed by atoms with van der Waals surface area (Å²) in [5.41, 5.74) is 0. The molecule has 0 heterocycles. The lowest BCUT2D eigenvalue weighted by Crippen LogP contribution is -2.19. The Balaban J connectivity index is 0.000000366. The van der Waals surface area contributed by atoms with E-state index in [1.807, 2.05) is 27.7 Å². The van der Waals surface area contributed by atoms with E-state index in [9.17, 15) is 0 Å². The molecule has 0 saturated heterocycles. The third kappa shape index (κ3) is 21.6. The van der Waals surface area contributed by atoms with Gasteiger partial charge in [-0.25, -0.2) is 0 Å². The van der Waals surface area contributed by atoms with E-state index in [1.54, 1.807) is 51.4 Å². The Bertz CT molecular complexity index is 580. The fourth-order valence-electron chi connectivity index (χ4n) is 9.32. The molecule has 3 unspecified atom stereocenters. The molecule has 3 atom stereocenters. The Kier molecular flexibility index (Phi) is 26.7. The first-order valence-corrected chi connectivity index (χ1v) is 21.9. The molecule has 0 radical (unpaired) electrons. The van der Waals surface area contributed by atoms with Gasteiger partial charge in [-0.3, -0.25) is 0 Å². The van der Waals surface area contributed by atoms with Crippen LogP contribution in [0.1, 0.15) is 236 Å². The Labute approximate surface area is 288 Å². The molecule has 0 bridgehead atoms. The van der Waals surface area contributed by atoms with E-state index in [2.05, 4.69) is 34.6 Å². The third-order valence-electron chi connectivity index (χ3n) is 12.6. The quantitative estimate of drug-likeness (QED) is 0.285. The molecule has 5 fully saturated rings. The maximum Gasteiger partial charge on any atom is -0.0383 e. The van der Waals surface area contributed by atoms with Gasteiger partial charge < -0.3 is 0 Å². The van der Waals surface area contributed by atoms with Crippen LogP contribution in [0.15, 0.2) is 0 Å². The van der Waals surface area contributed by atoms with E-state index in [4.69, 9.17) is 0 Å². The lowest BCUT2D eigenvalue weighted by Gasteiger charge is -2.30. The van der Waals surface area contributed by atoms with Gasteiger partial charge in [0.05, 0.1) is 0 Å². The van der Waals surface area contributed by atoms with Crippen molar-refractivity contribution in [1.82, 2.24) is 0 Å². The van der Waals surface area contributed by atoms with Crippen molar-refractivity contribution in [3.63, 3.8) is 0 Å². The minimum atomic E-state index is 1.00. The van der Waals surface area contributed by atoms with Gasteiger partial charge in [-0.1, -0.05) is 204 Å². The van der Waals surface area contributed by atoms with Gasteiger partial charge in [0.1, 0.15) is 0 Å². The van der Waals surface area contributed by atoms with Crippen molar-refractivity contribution in [1.29, 1.82) is 0 Å². The first-order chi connectivity index (χ1) is 21.9. The molecule has 5 aliphatic rings. The molecule has 0 aromatic rings. The highest BCUT2D eigenvalue weighted by molar-refractivity contribution is 4.85. The van der Waals surface area contributed by atoms with Gasteiger partial charge in [0.25, 0.3) is 0 Å². The maximum atomic E-state index is 2.53. The van der Waals surface area contributed by atoms with E-state index in [0.717, 1.165) is 53.3 Å². The normalized spacial score (nSPS) is 34.2. The molecule has 0 nitrogen and oxygen atoms in total. The number of rotatable bonds is 2. The molecule has 0 N–H and O–H groups in total. The van der Waals surface area contributed by atoms with Crippen LogP contribution in [0.5, 0.6) is 0 Å². The molecule has 5 saturated carbocycles. The summed E-state index contributed by atoms with van der Waals surface area (Å²) in [6, 6.07) is 0. The summed E-state index contributed by atoms with van der Waals surface area (Å²) in [5, 5.41) is 0. The molecule has 45 heavy (non-hydrogen) atoms. The predicted molar refractivity (Wildman–Crippen MR) is 207 cm³/mol. The minimum Gasteiger partial charge on any atom is -0.0683 e. The van der Waals surface area contributed by atoms with Gasteiger partial charge in [0.2, 0.25) is 0 Å². The van der Waals surface area contributed by atoms with Crippen molar-refractivity contribution < 1.29 is 0 Å². The van der Waals surface area contributed by atoms with Gasteiger partial charge >= 0.3 is 0 Å². The molecule has 0 heteroatoms. The van der Waals surface area contributed by atoms with Crippen molar-refractivity contribution in [2.45, 2.75) is 236 Å². The first-order valence-electron chi connectivity index (χ1n) is 21.9.